The molecular weight excluding hydrogens is 414 g/mol. The molecule has 4 aromatic rings. The molecule has 11 heteroatoms. The summed E-state index contributed by atoms with van der Waals surface area (Å²) in [5, 5.41) is 24.9. The summed E-state index contributed by atoms with van der Waals surface area (Å²) in [5.41, 5.74) is 1.59. The summed E-state index contributed by atoms with van der Waals surface area (Å²) in [6.07, 6.45) is 0. The van der Waals surface area contributed by atoms with E-state index in [4.69, 9.17) is 0 Å². The molecule has 0 atom stereocenters. The summed E-state index contributed by atoms with van der Waals surface area (Å²) in [7, 11) is 0. The van der Waals surface area contributed by atoms with Gasteiger partial charge in [-0.2, -0.15) is 9.61 Å². The minimum Gasteiger partial charge on any atom is -0.300 e. The molecule has 0 unspecified atom stereocenters. The first-order chi connectivity index (χ1) is 13.7. The van der Waals surface area contributed by atoms with Gasteiger partial charge in [0.2, 0.25) is 11.0 Å². The molecule has 1 amide bonds. The largest absolute Gasteiger partial charge is 0.300 e. The molecule has 3 aromatic heterocycles. The topological polar surface area (TPSA) is 98.0 Å². The summed E-state index contributed by atoms with van der Waals surface area (Å²) in [6.45, 7) is 2.05. The van der Waals surface area contributed by atoms with Crippen LogP contribution in [0.5, 0.6) is 0 Å². The molecule has 4 rings (SSSR count). The summed E-state index contributed by atoms with van der Waals surface area (Å²) in [4.78, 5) is 12.2. The minimum atomic E-state index is -0.150. The number of anilines is 1. The number of fused-ring (bicyclic) bond motifs is 1. The fraction of sp³-hybridized carbons (Fsp3) is 0.176. The summed E-state index contributed by atoms with van der Waals surface area (Å²) < 4.78 is 2.53. The number of nitrogens with one attached hydrogen (secondary N) is 1. The lowest BCUT2D eigenvalue weighted by Crippen LogP contribution is -2.14. The van der Waals surface area contributed by atoms with Gasteiger partial charge < -0.3 is 0 Å². The van der Waals surface area contributed by atoms with Crippen LogP contribution in [-0.2, 0) is 4.79 Å². The third-order valence-corrected chi connectivity index (χ3v) is 6.32. The normalized spacial score (nSPS) is 11.0. The average molecular weight is 430 g/mol. The number of carbonyl (C=O) groups excluding carboxylic acids is 1. The Hall–Kier alpha value is -2.50. The molecule has 28 heavy (non-hydrogen) atoms. The van der Waals surface area contributed by atoms with E-state index in [9.17, 15) is 4.79 Å². The van der Waals surface area contributed by atoms with Crippen molar-refractivity contribution in [2.24, 2.45) is 0 Å². The van der Waals surface area contributed by atoms with Crippen molar-refractivity contribution >= 4 is 51.5 Å². The first-order valence-corrected chi connectivity index (χ1v) is 11.2. The highest BCUT2D eigenvalue weighted by Gasteiger charge is 2.12. The van der Waals surface area contributed by atoms with Gasteiger partial charge in [0.05, 0.1) is 5.75 Å². The van der Waals surface area contributed by atoms with Gasteiger partial charge in [-0.05, 0) is 17.9 Å². The SMILES string of the molecule is CCSc1nnc(NC(=O)CSc2ccc3nnc(-c4ccccc4)n3n2)s1. The Morgan fingerprint density at radius 1 is 1.07 bits per heavy atom. The van der Waals surface area contributed by atoms with E-state index in [0.29, 0.717) is 21.6 Å². The number of benzene rings is 1. The van der Waals surface area contributed by atoms with Crippen molar-refractivity contribution in [1.29, 1.82) is 0 Å². The average Bonchev–Trinajstić information content (AvgIpc) is 3.34. The number of aromatic nitrogens is 6. The maximum atomic E-state index is 12.2. The van der Waals surface area contributed by atoms with Crippen LogP contribution in [-0.4, -0.2) is 47.4 Å². The molecule has 0 aliphatic rings. The first-order valence-electron chi connectivity index (χ1n) is 8.40. The van der Waals surface area contributed by atoms with E-state index in [1.807, 2.05) is 49.4 Å². The van der Waals surface area contributed by atoms with Crippen molar-refractivity contribution in [2.75, 3.05) is 16.8 Å². The number of amides is 1. The van der Waals surface area contributed by atoms with E-state index >= 15 is 0 Å². The molecule has 0 saturated carbocycles. The number of rotatable bonds is 7. The van der Waals surface area contributed by atoms with Gasteiger partial charge in [0, 0.05) is 5.56 Å². The predicted molar refractivity (Wildman–Crippen MR) is 112 cm³/mol. The number of hydrogen-bond acceptors (Lipinski definition) is 9. The zero-order valence-corrected chi connectivity index (χ0v) is 17.2. The van der Waals surface area contributed by atoms with Crippen molar-refractivity contribution in [1.82, 2.24) is 30.0 Å². The second kappa shape index (κ2) is 8.67. The number of carbonyl (C=O) groups is 1. The van der Waals surface area contributed by atoms with Gasteiger partial charge in [-0.3, -0.25) is 10.1 Å². The zero-order valence-electron chi connectivity index (χ0n) is 14.8. The van der Waals surface area contributed by atoms with Gasteiger partial charge in [0.1, 0.15) is 5.03 Å². The van der Waals surface area contributed by atoms with Crippen LogP contribution in [0.4, 0.5) is 5.13 Å². The molecular formula is C17H15N7OS3. The van der Waals surface area contributed by atoms with Crippen LogP contribution < -0.4 is 5.32 Å². The van der Waals surface area contributed by atoms with Crippen molar-refractivity contribution in [3.63, 3.8) is 0 Å². The molecule has 0 saturated heterocycles. The molecule has 142 valence electrons. The number of nitrogens with zero attached hydrogens (tertiary/aromatic N) is 6. The van der Waals surface area contributed by atoms with Crippen LogP contribution in [0.1, 0.15) is 6.92 Å². The van der Waals surface area contributed by atoms with Crippen molar-refractivity contribution in [2.45, 2.75) is 16.3 Å². The van der Waals surface area contributed by atoms with Gasteiger partial charge in [0.25, 0.3) is 0 Å². The molecule has 0 bridgehead atoms. The first kappa shape index (κ1) is 18.8. The lowest BCUT2D eigenvalue weighted by Gasteiger charge is -2.03. The van der Waals surface area contributed by atoms with Crippen LogP contribution in [0.3, 0.4) is 0 Å². The maximum absolute atomic E-state index is 12.2. The van der Waals surface area contributed by atoms with E-state index in [0.717, 1.165) is 15.7 Å². The lowest BCUT2D eigenvalue weighted by atomic mass is 10.2. The van der Waals surface area contributed by atoms with Crippen LogP contribution >= 0.6 is 34.9 Å². The Morgan fingerprint density at radius 2 is 1.93 bits per heavy atom. The summed E-state index contributed by atoms with van der Waals surface area (Å²) >= 11 is 4.31. The second-order valence-corrected chi connectivity index (χ2v) is 8.96. The third kappa shape index (κ3) is 4.32. The Labute approximate surface area is 173 Å². The molecule has 0 fully saturated rings. The highest BCUT2D eigenvalue weighted by molar-refractivity contribution is 8.01. The third-order valence-electron chi connectivity index (χ3n) is 3.54. The van der Waals surface area contributed by atoms with E-state index in [-0.39, 0.29) is 11.7 Å². The van der Waals surface area contributed by atoms with E-state index in [1.165, 1.54) is 23.1 Å². The van der Waals surface area contributed by atoms with Crippen molar-refractivity contribution in [3.8, 4) is 11.4 Å². The number of thioether (sulfide) groups is 2. The quantitative estimate of drug-likeness (QED) is 0.352. The van der Waals surface area contributed by atoms with Crippen molar-refractivity contribution < 1.29 is 4.79 Å². The second-order valence-electron chi connectivity index (χ2n) is 5.47. The molecule has 1 N–H and O–H groups in total. The summed E-state index contributed by atoms with van der Waals surface area (Å²) in [6, 6.07) is 13.4. The van der Waals surface area contributed by atoms with E-state index in [2.05, 4.69) is 30.8 Å². The van der Waals surface area contributed by atoms with E-state index < -0.39 is 0 Å². The van der Waals surface area contributed by atoms with Gasteiger partial charge in [0.15, 0.2) is 15.8 Å². The standard InChI is InChI=1S/C17H15N7OS3/c1-2-26-17-22-21-16(28-17)18-13(25)10-27-14-9-8-12-19-20-15(24(12)23-14)11-6-4-3-5-7-11/h3-9H,2,10H2,1H3,(H,18,21,25). The highest BCUT2D eigenvalue weighted by atomic mass is 32.2. The Bertz CT molecular complexity index is 1100. The highest BCUT2D eigenvalue weighted by Crippen LogP contribution is 2.25. The van der Waals surface area contributed by atoms with Crippen LogP contribution in [0.25, 0.3) is 17.0 Å². The molecule has 0 aliphatic heterocycles. The molecule has 0 aliphatic carbocycles. The maximum Gasteiger partial charge on any atom is 0.236 e. The Morgan fingerprint density at radius 3 is 2.75 bits per heavy atom. The molecule has 1 aromatic carbocycles. The van der Waals surface area contributed by atoms with Crippen LogP contribution in [0.2, 0.25) is 0 Å². The monoisotopic (exact) mass is 429 g/mol. The zero-order chi connectivity index (χ0) is 19.3. The van der Waals surface area contributed by atoms with Crippen LogP contribution in [0.15, 0.2) is 51.8 Å². The Kier molecular flexibility index (Phi) is 5.84. The number of hydrogen-bond donors (Lipinski definition) is 1. The minimum absolute atomic E-state index is 0.150. The smallest absolute Gasteiger partial charge is 0.236 e. The lowest BCUT2D eigenvalue weighted by molar-refractivity contribution is -0.113. The summed E-state index contributed by atoms with van der Waals surface area (Å²) in [5.74, 6) is 1.65. The van der Waals surface area contributed by atoms with Gasteiger partial charge in [-0.25, -0.2) is 0 Å². The van der Waals surface area contributed by atoms with Crippen molar-refractivity contribution in [3.05, 3.63) is 42.5 Å². The molecule has 0 radical (unpaired) electrons. The molecule has 3 heterocycles. The van der Waals surface area contributed by atoms with Gasteiger partial charge in [-0.15, -0.1) is 20.4 Å². The molecule has 8 nitrogen and oxygen atoms in total. The van der Waals surface area contributed by atoms with Crippen LogP contribution in [0, 0.1) is 0 Å². The fourth-order valence-corrected chi connectivity index (χ4v) is 4.67. The van der Waals surface area contributed by atoms with Gasteiger partial charge >= 0.3 is 0 Å². The Balaban J connectivity index is 1.43. The van der Waals surface area contributed by atoms with Gasteiger partial charge in [-0.1, -0.05) is 72.1 Å². The molecule has 0 spiro atoms. The van der Waals surface area contributed by atoms with E-state index in [1.54, 1.807) is 16.3 Å². The predicted octanol–water partition coefficient (Wildman–Crippen LogP) is 3.49. The fourth-order valence-electron chi connectivity index (χ4n) is 2.35.